The normalized spacial score (nSPS) is 12.8. The van der Waals surface area contributed by atoms with Crippen molar-refractivity contribution < 1.29 is 5.11 Å². The van der Waals surface area contributed by atoms with Crippen LogP contribution in [0.3, 0.4) is 0 Å². The van der Waals surface area contributed by atoms with Crippen LogP contribution in [-0.2, 0) is 13.5 Å². The van der Waals surface area contributed by atoms with Crippen LogP contribution in [0.15, 0.2) is 25.0 Å². The molecule has 0 bridgehead atoms. The SMILES string of the molecule is C=CCC(O)CCc1cnn(C)c1. The standard InChI is InChI=1S/C10H16N2O/c1-3-4-10(13)6-5-9-7-11-12(2)8-9/h3,7-8,10,13H,1,4-6H2,2H3. The third-order valence-electron chi connectivity index (χ3n) is 1.96. The summed E-state index contributed by atoms with van der Waals surface area (Å²) in [5.41, 5.74) is 1.17. The van der Waals surface area contributed by atoms with E-state index in [2.05, 4.69) is 11.7 Å². The van der Waals surface area contributed by atoms with E-state index in [0.29, 0.717) is 6.42 Å². The maximum atomic E-state index is 9.42. The summed E-state index contributed by atoms with van der Waals surface area (Å²) in [4.78, 5) is 0. The Bertz CT molecular complexity index is 268. The number of aromatic nitrogens is 2. The first-order valence-electron chi connectivity index (χ1n) is 4.49. The fourth-order valence-electron chi connectivity index (χ4n) is 1.24. The van der Waals surface area contributed by atoms with Crippen molar-refractivity contribution in [3.8, 4) is 0 Å². The molecule has 1 atom stereocenters. The number of nitrogens with zero attached hydrogens (tertiary/aromatic N) is 2. The van der Waals surface area contributed by atoms with Crippen molar-refractivity contribution in [1.29, 1.82) is 0 Å². The highest BCUT2D eigenvalue weighted by Gasteiger charge is 2.03. The molecule has 0 saturated carbocycles. The van der Waals surface area contributed by atoms with Crippen molar-refractivity contribution in [2.75, 3.05) is 0 Å². The van der Waals surface area contributed by atoms with Gasteiger partial charge in [-0.15, -0.1) is 6.58 Å². The van der Waals surface area contributed by atoms with Gasteiger partial charge < -0.3 is 5.11 Å². The van der Waals surface area contributed by atoms with Gasteiger partial charge in [0.2, 0.25) is 0 Å². The Kier molecular flexibility index (Phi) is 3.71. The van der Waals surface area contributed by atoms with Crippen molar-refractivity contribution in [2.45, 2.75) is 25.4 Å². The lowest BCUT2D eigenvalue weighted by molar-refractivity contribution is 0.168. The van der Waals surface area contributed by atoms with Gasteiger partial charge in [0, 0.05) is 13.2 Å². The van der Waals surface area contributed by atoms with Crippen LogP contribution in [0.4, 0.5) is 0 Å². The third-order valence-corrected chi connectivity index (χ3v) is 1.96. The molecule has 0 radical (unpaired) electrons. The summed E-state index contributed by atoms with van der Waals surface area (Å²) in [5, 5.41) is 13.5. The quantitative estimate of drug-likeness (QED) is 0.693. The summed E-state index contributed by atoms with van der Waals surface area (Å²) in [6.07, 6.45) is 7.61. The highest BCUT2D eigenvalue weighted by atomic mass is 16.3. The van der Waals surface area contributed by atoms with Gasteiger partial charge in [-0.1, -0.05) is 6.08 Å². The van der Waals surface area contributed by atoms with E-state index in [-0.39, 0.29) is 6.10 Å². The monoisotopic (exact) mass is 180 g/mol. The molecule has 0 aliphatic heterocycles. The van der Waals surface area contributed by atoms with E-state index in [4.69, 9.17) is 0 Å². The van der Waals surface area contributed by atoms with Gasteiger partial charge in [0.05, 0.1) is 12.3 Å². The van der Waals surface area contributed by atoms with Crippen molar-refractivity contribution >= 4 is 0 Å². The number of aryl methyl sites for hydroxylation is 2. The van der Waals surface area contributed by atoms with Crippen molar-refractivity contribution in [3.05, 3.63) is 30.6 Å². The summed E-state index contributed by atoms with van der Waals surface area (Å²) in [6.45, 7) is 3.58. The molecular formula is C10H16N2O. The Morgan fingerprint density at radius 2 is 2.54 bits per heavy atom. The van der Waals surface area contributed by atoms with Crippen LogP contribution in [0.2, 0.25) is 0 Å². The van der Waals surface area contributed by atoms with E-state index in [1.165, 1.54) is 5.56 Å². The van der Waals surface area contributed by atoms with E-state index in [0.717, 1.165) is 12.8 Å². The minimum absolute atomic E-state index is 0.266. The van der Waals surface area contributed by atoms with Gasteiger partial charge in [-0.25, -0.2) is 0 Å². The third kappa shape index (κ3) is 3.42. The molecule has 0 amide bonds. The first kappa shape index (κ1) is 9.99. The predicted molar refractivity (Wildman–Crippen MR) is 52.3 cm³/mol. The summed E-state index contributed by atoms with van der Waals surface area (Å²) >= 11 is 0. The number of hydrogen-bond acceptors (Lipinski definition) is 2. The zero-order valence-electron chi connectivity index (χ0n) is 7.98. The van der Waals surface area contributed by atoms with Crippen LogP contribution in [0.5, 0.6) is 0 Å². The van der Waals surface area contributed by atoms with Gasteiger partial charge in [-0.2, -0.15) is 5.10 Å². The fraction of sp³-hybridized carbons (Fsp3) is 0.500. The molecule has 1 aromatic heterocycles. The van der Waals surface area contributed by atoms with E-state index in [1.54, 1.807) is 10.8 Å². The molecule has 0 saturated heterocycles. The Balaban J connectivity index is 2.30. The van der Waals surface area contributed by atoms with E-state index in [1.807, 2.05) is 19.4 Å². The fourth-order valence-corrected chi connectivity index (χ4v) is 1.24. The average Bonchev–Trinajstić information content (AvgIpc) is 2.49. The largest absolute Gasteiger partial charge is 0.393 e. The van der Waals surface area contributed by atoms with Crippen LogP contribution in [0.25, 0.3) is 0 Å². The lowest BCUT2D eigenvalue weighted by atomic mass is 10.1. The van der Waals surface area contributed by atoms with Gasteiger partial charge in [0.15, 0.2) is 0 Å². The Morgan fingerprint density at radius 1 is 1.77 bits per heavy atom. The zero-order chi connectivity index (χ0) is 9.68. The summed E-state index contributed by atoms with van der Waals surface area (Å²) in [7, 11) is 1.89. The Labute approximate surface area is 78.7 Å². The van der Waals surface area contributed by atoms with Gasteiger partial charge >= 0.3 is 0 Å². The van der Waals surface area contributed by atoms with Crippen molar-refractivity contribution in [1.82, 2.24) is 9.78 Å². The molecule has 0 spiro atoms. The molecule has 1 rings (SSSR count). The van der Waals surface area contributed by atoms with Crippen LogP contribution in [0, 0.1) is 0 Å². The molecule has 0 aliphatic carbocycles. The number of hydrogen-bond donors (Lipinski definition) is 1. The molecule has 0 aliphatic rings. The van der Waals surface area contributed by atoms with Crippen molar-refractivity contribution in [2.24, 2.45) is 7.05 Å². The second kappa shape index (κ2) is 4.82. The summed E-state index contributed by atoms with van der Waals surface area (Å²) in [5.74, 6) is 0. The maximum Gasteiger partial charge on any atom is 0.0577 e. The molecule has 3 heteroatoms. The molecule has 0 fully saturated rings. The predicted octanol–water partition coefficient (Wildman–Crippen LogP) is 1.29. The van der Waals surface area contributed by atoms with Gasteiger partial charge in [-0.05, 0) is 24.8 Å². The summed E-state index contributed by atoms with van der Waals surface area (Å²) < 4.78 is 1.77. The minimum Gasteiger partial charge on any atom is -0.393 e. The molecule has 1 N–H and O–H groups in total. The molecular weight excluding hydrogens is 164 g/mol. The topological polar surface area (TPSA) is 38.1 Å². The van der Waals surface area contributed by atoms with E-state index < -0.39 is 0 Å². The molecule has 3 nitrogen and oxygen atoms in total. The lowest BCUT2D eigenvalue weighted by Crippen LogP contribution is -2.05. The van der Waals surface area contributed by atoms with Crippen LogP contribution in [-0.4, -0.2) is 21.0 Å². The second-order valence-corrected chi connectivity index (χ2v) is 3.24. The van der Waals surface area contributed by atoms with Crippen LogP contribution in [0.1, 0.15) is 18.4 Å². The second-order valence-electron chi connectivity index (χ2n) is 3.24. The van der Waals surface area contributed by atoms with E-state index >= 15 is 0 Å². The maximum absolute atomic E-state index is 9.42. The lowest BCUT2D eigenvalue weighted by Gasteiger charge is -2.05. The molecule has 1 aromatic rings. The average molecular weight is 180 g/mol. The molecule has 0 aromatic carbocycles. The van der Waals surface area contributed by atoms with Gasteiger partial charge in [0.25, 0.3) is 0 Å². The Morgan fingerprint density at radius 3 is 3.08 bits per heavy atom. The number of aliphatic hydroxyl groups is 1. The molecule has 1 heterocycles. The highest BCUT2D eigenvalue weighted by Crippen LogP contribution is 2.06. The highest BCUT2D eigenvalue weighted by molar-refractivity contribution is 5.03. The van der Waals surface area contributed by atoms with E-state index in [9.17, 15) is 5.11 Å². The van der Waals surface area contributed by atoms with Gasteiger partial charge in [-0.3, -0.25) is 4.68 Å². The van der Waals surface area contributed by atoms with Crippen LogP contribution >= 0.6 is 0 Å². The first-order valence-corrected chi connectivity index (χ1v) is 4.49. The zero-order valence-corrected chi connectivity index (χ0v) is 7.98. The smallest absolute Gasteiger partial charge is 0.0577 e. The molecule has 13 heavy (non-hydrogen) atoms. The Hall–Kier alpha value is -1.09. The molecule has 72 valence electrons. The van der Waals surface area contributed by atoms with Gasteiger partial charge in [0.1, 0.15) is 0 Å². The number of aliphatic hydroxyl groups excluding tert-OH is 1. The van der Waals surface area contributed by atoms with Crippen LogP contribution < -0.4 is 0 Å². The number of rotatable bonds is 5. The summed E-state index contributed by atoms with van der Waals surface area (Å²) in [6, 6.07) is 0. The first-order chi connectivity index (χ1) is 6.22. The van der Waals surface area contributed by atoms with Crippen molar-refractivity contribution in [3.63, 3.8) is 0 Å². The minimum atomic E-state index is -0.266. The molecule has 1 unspecified atom stereocenters.